The molecule has 0 bridgehead atoms. The van der Waals surface area contributed by atoms with Crippen LogP contribution in [0.3, 0.4) is 0 Å². The molecule has 2 fully saturated rings. The molecule has 0 radical (unpaired) electrons. The zero-order valence-electron chi connectivity index (χ0n) is 11.7. The van der Waals surface area contributed by atoms with Gasteiger partial charge in [0.05, 0.1) is 0 Å². The second kappa shape index (κ2) is 7.57. The number of rotatable bonds is 5. The average molecular weight is 289 g/mol. The first-order valence-corrected chi connectivity index (χ1v) is 9.10. The van der Waals surface area contributed by atoms with Crippen molar-refractivity contribution in [3.63, 3.8) is 0 Å². The SMILES string of the molecule is O=S(=O)(NCCC1CCCCN1)N1CCCCCC1. The fraction of sp³-hybridized carbons (Fsp3) is 1.00. The largest absolute Gasteiger partial charge is 0.314 e. The van der Waals surface area contributed by atoms with E-state index in [1.165, 1.54) is 19.3 Å². The fourth-order valence-corrected chi connectivity index (χ4v) is 4.20. The highest BCUT2D eigenvalue weighted by atomic mass is 32.2. The minimum absolute atomic E-state index is 0.487. The van der Waals surface area contributed by atoms with Crippen molar-refractivity contribution in [3.8, 4) is 0 Å². The molecule has 1 atom stereocenters. The summed E-state index contributed by atoms with van der Waals surface area (Å²) in [7, 11) is -3.25. The molecule has 0 spiro atoms. The first kappa shape index (κ1) is 15.2. The molecular formula is C13H27N3O2S. The van der Waals surface area contributed by atoms with E-state index < -0.39 is 10.2 Å². The highest BCUT2D eigenvalue weighted by Gasteiger charge is 2.22. The van der Waals surface area contributed by atoms with Crippen molar-refractivity contribution in [2.75, 3.05) is 26.2 Å². The Labute approximate surface area is 117 Å². The predicted molar refractivity (Wildman–Crippen MR) is 77.2 cm³/mol. The first-order valence-electron chi connectivity index (χ1n) is 7.66. The van der Waals surface area contributed by atoms with E-state index in [2.05, 4.69) is 10.0 Å². The minimum Gasteiger partial charge on any atom is -0.314 e. The lowest BCUT2D eigenvalue weighted by atomic mass is 10.0. The molecule has 2 heterocycles. The number of nitrogens with one attached hydrogen (secondary N) is 2. The Bertz CT molecular complexity index is 345. The summed E-state index contributed by atoms with van der Waals surface area (Å²) in [6, 6.07) is 0.487. The normalized spacial score (nSPS) is 27.1. The van der Waals surface area contributed by atoms with E-state index in [4.69, 9.17) is 0 Å². The zero-order valence-corrected chi connectivity index (χ0v) is 12.6. The van der Waals surface area contributed by atoms with E-state index >= 15 is 0 Å². The van der Waals surface area contributed by atoms with Gasteiger partial charge < -0.3 is 5.32 Å². The molecule has 112 valence electrons. The van der Waals surface area contributed by atoms with Crippen molar-refractivity contribution in [2.24, 2.45) is 0 Å². The van der Waals surface area contributed by atoms with Gasteiger partial charge in [0.1, 0.15) is 0 Å². The van der Waals surface area contributed by atoms with Gasteiger partial charge in [-0.1, -0.05) is 19.3 Å². The zero-order chi connectivity index (χ0) is 13.6. The maximum Gasteiger partial charge on any atom is 0.279 e. The van der Waals surface area contributed by atoms with Gasteiger partial charge in [0, 0.05) is 25.7 Å². The number of hydrogen-bond acceptors (Lipinski definition) is 3. The molecule has 0 aromatic rings. The van der Waals surface area contributed by atoms with Crippen LogP contribution < -0.4 is 10.0 Å². The van der Waals surface area contributed by atoms with Gasteiger partial charge in [0.25, 0.3) is 10.2 Å². The molecule has 2 saturated heterocycles. The van der Waals surface area contributed by atoms with Crippen LogP contribution in [0.25, 0.3) is 0 Å². The molecule has 1 unspecified atom stereocenters. The summed E-state index contributed by atoms with van der Waals surface area (Å²) in [5.74, 6) is 0. The summed E-state index contributed by atoms with van der Waals surface area (Å²) in [5.41, 5.74) is 0. The van der Waals surface area contributed by atoms with Crippen LogP contribution in [0.2, 0.25) is 0 Å². The maximum absolute atomic E-state index is 12.2. The van der Waals surface area contributed by atoms with Crippen LogP contribution in [-0.2, 0) is 10.2 Å². The molecule has 6 heteroatoms. The quantitative estimate of drug-likeness (QED) is 0.800. The van der Waals surface area contributed by atoms with Crippen LogP contribution in [-0.4, -0.2) is 44.9 Å². The van der Waals surface area contributed by atoms with Crippen LogP contribution >= 0.6 is 0 Å². The van der Waals surface area contributed by atoms with Crippen LogP contribution in [0.1, 0.15) is 51.4 Å². The molecule has 2 aliphatic heterocycles. The Balaban J connectivity index is 1.73. The Hall–Kier alpha value is -0.170. The van der Waals surface area contributed by atoms with Gasteiger partial charge in [-0.05, 0) is 38.6 Å². The molecular weight excluding hydrogens is 262 g/mol. The lowest BCUT2D eigenvalue weighted by molar-refractivity contribution is 0.377. The van der Waals surface area contributed by atoms with Crippen molar-refractivity contribution < 1.29 is 8.42 Å². The molecule has 2 N–H and O–H groups in total. The molecule has 0 amide bonds. The summed E-state index contributed by atoms with van der Waals surface area (Å²) < 4.78 is 28.7. The van der Waals surface area contributed by atoms with E-state index in [1.807, 2.05) is 0 Å². The lowest BCUT2D eigenvalue weighted by Crippen LogP contribution is -2.43. The van der Waals surface area contributed by atoms with Gasteiger partial charge in [-0.25, -0.2) is 4.72 Å². The summed E-state index contributed by atoms with van der Waals surface area (Å²) in [6.07, 6.45) is 8.86. The second-order valence-electron chi connectivity index (χ2n) is 5.65. The third-order valence-corrected chi connectivity index (χ3v) is 5.71. The van der Waals surface area contributed by atoms with Gasteiger partial charge in [-0.3, -0.25) is 0 Å². The van der Waals surface area contributed by atoms with Crippen molar-refractivity contribution in [1.29, 1.82) is 0 Å². The topological polar surface area (TPSA) is 61.4 Å². The van der Waals surface area contributed by atoms with Crippen molar-refractivity contribution in [1.82, 2.24) is 14.3 Å². The van der Waals surface area contributed by atoms with E-state index in [-0.39, 0.29) is 0 Å². The maximum atomic E-state index is 12.2. The highest BCUT2D eigenvalue weighted by Crippen LogP contribution is 2.13. The van der Waals surface area contributed by atoms with Crippen LogP contribution in [0.15, 0.2) is 0 Å². The minimum atomic E-state index is -3.25. The van der Waals surface area contributed by atoms with Gasteiger partial charge in [0.15, 0.2) is 0 Å². The third-order valence-electron chi connectivity index (χ3n) is 4.09. The van der Waals surface area contributed by atoms with Crippen LogP contribution in [0.5, 0.6) is 0 Å². The number of piperidine rings is 1. The van der Waals surface area contributed by atoms with Crippen molar-refractivity contribution in [2.45, 2.75) is 57.4 Å². The Morgan fingerprint density at radius 1 is 1.05 bits per heavy atom. The molecule has 0 saturated carbocycles. The summed E-state index contributed by atoms with van der Waals surface area (Å²) in [6.45, 7) is 2.98. The third kappa shape index (κ3) is 5.02. The standard InChI is InChI=1S/C13H27N3O2S/c17-19(18,16-11-5-1-2-6-12-16)15-10-8-13-7-3-4-9-14-13/h13-15H,1-12H2. The van der Waals surface area contributed by atoms with E-state index in [1.54, 1.807) is 4.31 Å². The van der Waals surface area contributed by atoms with Crippen LogP contribution in [0, 0.1) is 0 Å². The summed E-state index contributed by atoms with van der Waals surface area (Å²) >= 11 is 0. The molecule has 2 aliphatic rings. The molecule has 2 rings (SSSR count). The lowest BCUT2D eigenvalue weighted by Gasteiger charge is -2.24. The second-order valence-corrected chi connectivity index (χ2v) is 7.40. The molecule has 0 aliphatic carbocycles. The fourth-order valence-electron chi connectivity index (χ4n) is 2.91. The van der Waals surface area contributed by atoms with Gasteiger partial charge in [-0.15, -0.1) is 0 Å². The van der Waals surface area contributed by atoms with E-state index in [0.717, 1.165) is 38.6 Å². The van der Waals surface area contributed by atoms with Crippen molar-refractivity contribution in [3.05, 3.63) is 0 Å². The average Bonchev–Trinajstić information content (AvgIpc) is 2.69. The molecule has 0 aromatic carbocycles. The monoisotopic (exact) mass is 289 g/mol. The van der Waals surface area contributed by atoms with Gasteiger partial charge >= 0.3 is 0 Å². The van der Waals surface area contributed by atoms with E-state index in [9.17, 15) is 8.42 Å². The molecule has 5 nitrogen and oxygen atoms in total. The predicted octanol–water partition coefficient (Wildman–Crippen LogP) is 1.23. The summed E-state index contributed by atoms with van der Waals surface area (Å²) in [5, 5.41) is 3.45. The number of hydrogen-bond donors (Lipinski definition) is 2. The summed E-state index contributed by atoms with van der Waals surface area (Å²) in [4.78, 5) is 0. The van der Waals surface area contributed by atoms with E-state index in [0.29, 0.717) is 25.7 Å². The van der Waals surface area contributed by atoms with Crippen molar-refractivity contribution >= 4 is 10.2 Å². The Kier molecular flexibility index (Phi) is 6.06. The van der Waals surface area contributed by atoms with Gasteiger partial charge in [0.2, 0.25) is 0 Å². The molecule has 19 heavy (non-hydrogen) atoms. The van der Waals surface area contributed by atoms with Gasteiger partial charge in [-0.2, -0.15) is 12.7 Å². The Morgan fingerprint density at radius 3 is 2.42 bits per heavy atom. The first-order chi connectivity index (χ1) is 9.18. The Morgan fingerprint density at radius 2 is 1.79 bits per heavy atom. The van der Waals surface area contributed by atoms with Crippen LogP contribution in [0.4, 0.5) is 0 Å². The smallest absolute Gasteiger partial charge is 0.279 e. The highest BCUT2D eigenvalue weighted by molar-refractivity contribution is 7.87. The molecule has 0 aromatic heterocycles. The number of nitrogens with zero attached hydrogens (tertiary/aromatic N) is 1.